The molecule has 5 heteroatoms. The second-order valence-corrected chi connectivity index (χ2v) is 7.85. The number of nitrogens with one attached hydrogen (secondary N) is 1. The van der Waals surface area contributed by atoms with Crippen molar-refractivity contribution < 1.29 is 14.3 Å². The Bertz CT molecular complexity index is 678. The first-order valence-corrected chi connectivity index (χ1v) is 10.6. The number of carbonyl (C=O) groups excluding carboxylic acids is 1. The Kier molecular flexibility index (Phi) is 7.78. The standard InChI is InChI=1S/C23H34N2O3/c1-27-21-10-6-9-20(22(21)28-2)17-25-15-12-19(13-16-25)23(26)24-14-11-18-7-4-3-5-8-18/h6-7,9-10,19H,3-5,8,11-17H2,1-2H3,(H,24,26). The third-order valence-corrected chi connectivity index (χ3v) is 5.97. The van der Waals surface area contributed by atoms with E-state index < -0.39 is 0 Å². The van der Waals surface area contributed by atoms with Crippen molar-refractivity contribution in [1.82, 2.24) is 10.2 Å². The van der Waals surface area contributed by atoms with Crippen molar-refractivity contribution in [2.45, 2.75) is 51.5 Å². The number of allylic oxidation sites excluding steroid dienone is 1. The van der Waals surface area contributed by atoms with E-state index >= 15 is 0 Å². The molecule has 1 aliphatic carbocycles. The van der Waals surface area contributed by atoms with E-state index in [9.17, 15) is 4.79 Å². The zero-order valence-electron chi connectivity index (χ0n) is 17.3. The quantitative estimate of drug-likeness (QED) is 0.688. The van der Waals surface area contributed by atoms with Crippen LogP contribution in [-0.4, -0.2) is 44.7 Å². The third kappa shape index (κ3) is 5.51. The number of piperidine rings is 1. The van der Waals surface area contributed by atoms with Crippen LogP contribution in [0.5, 0.6) is 11.5 Å². The highest BCUT2D eigenvalue weighted by molar-refractivity contribution is 5.78. The summed E-state index contributed by atoms with van der Waals surface area (Å²) in [4.78, 5) is 14.9. The van der Waals surface area contributed by atoms with E-state index in [1.165, 1.54) is 31.3 Å². The summed E-state index contributed by atoms with van der Waals surface area (Å²) < 4.78 is 10.9. The van der Waals surface area contributed by atoms with Crippen LogP contribution in [-0.2, 0) is 11.3 Å². The monoisotopic (exact) mass is 386 g/mol. The van der Waals surface area contributed by atoms with Gasteiger partial charge in [0.15, 0.2) is 11.5 Å². The molecule has 0 aromatic heterocycles. The molecule has 1 aliphatic heterocycles. The van der Waals surface area contributed by atoms with Gasteiger partial charge in [-0.1, -0.05) is 23.8 Å². The summed E-state index contributed by atoms with van der Waals surface area (Å²) in [6.07, 6.45) is 10.2. The molecule has 1 heterocycles. The van der Waals surface area contributed by atoms with Gasteiger partial charge in [-0.15, -0.1) is 0 Å². The first-order chi connectivity index (χ1) is 13.7. The number of benzene rings is 1. The van der Waals surface area contributed by atoms with Crippen molar-refractivity contribution in [3.63, 3.8) is 0 Å². The van der Waals surface area contributed by atoms with Crippen molar-refractivity contribution >= 4 is 5.91 Å². The number of hydrogen-bond acceptors (Lipinski definition) is 4. The van der Waals surface area contributed by atoms with Crippen LogP contribution in [0.4, 0.5) is 0 Å². The van der Waals surface area contributed by atoms with Crippen molar-refractivity contribution in [2.24, 2.45) is 5.92 Å². The lowest BCUT2D eigenvalue weighted by Crippen LogP contribution is -2.40. The van der Waals surface area contributed by atoms with Crippen molar-refractivity contribution in [3.8, 4) is 11.5 Å². The van der Waals surface area contributed by atoms with E-state index in [0.717, 1.165) is 62.5 Å². The molecule has 2 aliphatic rings. The molecule has 1 amide bonds. The van der Waals surface area contributed by atoms with Gasteiger partial charge in [-0.2, -0.15) is 0 Å². The van der Waals surface area contributed by atoms with E-state index in [0.29, 0.717) is 0 Å². The molecule has 0 saturated carbocycles. The van der Waals surface area contributed by atoms with Crippen LogP contribution in [0.2, 0.25) is 0 Å². The highest BCUT2D eigenvalue weighted by atomic mass is 16.5. The lowest BCUT2D eigenvalue weighted by Gasteiger charge is -2.31. The average molecular weight is 387 g/mol. The lowest BCUT2D eigenvalue weighted by molar-refractivity contribution is -0.126. The van der Waals surface area contributed by atoms with Crippen LogP contribution < -0.4 is 14.8 Å². The maximum Gasteiger partial charge on any atom is 0.223 e. The molecule has 1 saturated heterocycles. The van der Waals surface area contributed by atoms with Gasteiger partial charge in [-0.05, 0) is 64.1 Å². The Morgan fingerprint density at radius 3 is 2.68 bits per heavy atom. The summed E-state index contributed by atoms with van der Waals surface area (Å²) >= 11 is 0. The predicted molar refractivity (Wildman–Crippen MR) is 112 cm³/mol. The minimum atomic E-state index is 0.142. The molecule has 0 radical (unpaired) electrons. The molecule has 0 atom stereocenters. The highest BCUT2D eigenvalue weighted by Gasteiger charge is 2.25. The fraction of sp³-hybridized carbons (Fsp3) is 0.609. The molecule has 0 spiro atoms. The number of likely N-dealkylation sites (tertiary alicyclic amines) is 1. The van der Waals surface area contributed by atoms with E-state index in [-0.39, 0.29) is 11.8 Å². The molecule has 0 unspecified atom stereocenters. The molecule has 154 valence electrons. The average Bonchev–Trinajstić information content (AvgIpc) is 2.74. The molecule has 1 aromatic rings. The Labute approximate surface area is 169 Å². The van der Waals surface area contributed by atoms with Crippen LogP contribution in [0, 0.1) is 5.92 Å². The second kappa shape index (κ2) is 10.5. The van der Waals surface area contributed by atoms with Crippen LogP contribution in [0.3, 0.4) is 0 Å². The predicted octanol–water partition coefficient (Wildman–Crippen LogP) is 3.92. The van der Waals surface area contributed by atoms with E-state index in [1.54, 1.807) is 14.2 Å². The summed E-state index contributed by atoms with van der Waals surface area (Å²) in [6, 6.07) is 6.00. The van der Waals surface area contributed by atoms with Crippen molar-refractivity contribution in [2.75, 3.05) is 33.9 Å². The Morgan fingerprint density at radius 1 is 1.18 bits per heavy atom. The molecule has 1 fully saturated rings. The van der Waals surface area contributed by atoms with Gasteiger partial charge in [-0.25, -0.2) is 0 Å². The lowest BCUT2D eigenvalue weighted by atomic mass is 9.95. The first kappa shape index (κ1) is 20.7. The van der Waals surface area contributed by atoms with E-state index in [1.807, 2.05) is 12.1 Å². The van der Waals surface area contributed by atoms with Crippen LogP contribution >= 0.6 is 0 Å². The van der Waals surface area contributed by atoms with Crippen molar-refractivity contribution in [3.05, 3.63) is 35.4 Å². The summed E-state index contributed by atoms with van der Waals surface area (Å²) in [6.45, 7) is 3.47. The molecule has 0 bridgehead atoms. The molecule has 3 rings (SSSR count). The first-order valence-electron chi connectivity index (χ1n) is 10.6. The van der Waals surface area contributed by atoms with Gasteiger partial charge in [0.05, 0.1) is 14.2 Å². The normalized spacial score (nSPS) is 18.4. The van der Waals surface area contributed by atoms with Gasteiger partial charge in [0.2, 0.25) is 5.91 Å². The molecule has 1 aromatic carbocycles. The summed E-state index contributed by atoms with van der Waals surface area (Å²) in [5.74, 6) is 1.95. The van der Waals surface area contributed by atoms with Crippen LogP contribution in [0.25, 0.3) is 0 Å². The molecule has 28 heavy (non-hydrogen) atoms. The minimum absolute atomic E-state index is 0.142. The number of amides is 1. The number of hydrogen-bond donors (Lipinski definition) is 1. The van der Waals surface area contributed by atoms with Gasteiger partial charge >= 0.3 is 0 Å². The second-order valence-electron chi connectivity index (χ2n) is 7.85. The van der Waals surface area contributed by atoms with Gasteiger partial charge in [-0.3, -0.25) is 9.69 Å². The number of carbonyl (C=O) groups is 1. The summed E-state index contributed by atoms with van der Waals surface area (Å²) in [5, 5.41) is 3.16. The number of para-hydroxylation sites is 1. The molecule has 5 nitrogen and oxygen atoms in total. The van der Waals surface area contributed by atoms with Crippen molar-refractivity contribution in [1.29, 1.82) is 0 Å². The van der Waals surface area contributed by atoms with Gasteiger partial charge < -0.3 is 14.8 Å². The Hall–Kier alpha value is -2.01. The van der Waals surface area contributed by atoms with Gasteiger partial charge in [0.1, 0.15) is 0 Å². The largest absolute Gasteiger partial charge is 0.493 e. The molecule has 1 N–H and O–H groups in total. The zero-order valence-corrected chi connectivity index (χ0v) is 17.3. The van der Waals surface area contributed by atoms with Crippen LogP contribution in [0.1, 0.15) is 50.5 Å². The number of methoxy groups -OCH3 is 2. The number of ether oxygens (including phenoxy) is 2. The zero-order chi connectivity index (χ0) is 19.8. The number of rotatable bonds is 8. The smallest absolute Gasteiger partial charge is 0.223 e. The Balaban J connectivity index is 1.43. The summed E-state index contributed by atoms with van der Waals surface area (Å²) in [5.41, 5.74) is 2.65. The van der Waals surface area contributed by atoms with E-state index in [2.05, 4.69) is 22.4 Å². The maximum atomic E-state index is 12.5. The number of nitrogens with zero attached hydrogens (tertiary/aromatic N) is 1. The van der Waals surface area contributed by atoms with Gasteiger partial charge in [0.25, 0.3) is 0 Å². The fourth-order valence-corrected chi connectivity index (χ4v) is 4.29. The minimum Gasteiger partial charge on any atom is -0.493 e. The Morgan fingerprint density at radius 2 is 2.00 bits per heavy atom. The fourth-order valence-electron chi connectivity index (χ4n) is 4.29. The summed E-state index contributed by atoms with van der Waals surface area (Å²) in [7, 11) is 3.35. The molecular formula is C23H34N2O3. The van der Waals surface area contributed by atoms with Gasteiger partial charge in [0, 0.05) is 24.6 Å². The SMILES string of the molecule is COc1cccc(CN2CCC(C(=O)NCCC3=CCCCC3)CC2)c1OC. The topological polar surface area (TPSA) is 50.8 Å². The molecular weight excluding hydrogens is 352 g/mol. The maximum absolute atomic E-state index is 12.5. The third-order valence-electron chi connectivity index (χ3n) is 5.97. The highest BCUT2D eigenvalue weighted by Crippen LogP contribution is 2.32. The van der Waals surface area contributed by atoms with Crippen LogP contribution in [0.15, 0.2) is 29.8 Å². The van der Waals surface area contributed by atoms with E-state index in [4.69, 9.17) is 9.47 Å².